The van der Waals surface area contributed by atoms with Gasteiger partial charge in [-0.25, -0.2) is 0 Å². The van der Waals surface area contributed by atoms with Crippen molar-refractivity contribution in [2.24, 2.45) is 5.92 Å². The predicted molar refractivity (Wildman–Crippen MR) is 70.9 cm³/mol. The van der Waals surface area contributed by atoms with Crippen molar-refractivity contribution < 1.29 is 0 Å². The molecule has 2 N–H and O–H groups in total. The van der Waals surface area contributed by atoms with E-state index in [1.165, 1.54) is 35.0 Å². The van der Waals surface area contributed by atoms with E-state index in [-0.39, 0.29) is 0 Å². The van der Waals surface area contributed by atoms with Gasteiger partial charge >= 0.3 is 0 Å². The largest absolute Gasteiger partial charge is 0.384 e. The molecule has 1 heterocycles. The average molecular weight is 281 g/mol. The quantitative estimate of drug-likeness (QED) is 0.890. The average Bonchev–Trinajstić information content (AvgIpc) is 3.10. The first-order valence-electron chi connectivity index (χ1n) is 6.07. The molecule has 3 rings (SSSR count). The van der Waals surface area contributed by atoms with Gasteiger partial charge in [0.1, 0.15) is 0 Å². The van der Waals surface area contributed by atoms with Crippen molar-refractivity contribution in [3.05, 3.63) is 28.2 Å². The van der Waals surface area contributed by atoms with Gasteiger partial charge in [0.05, 0.1) is 5.69 Å². The fourth-order valence-electron chi connectivity index (χ4n) is 2.33. The first-order chi connectivity index (χ1) is 7.83. The summed E-state index contributed by atoms with van der Waals surface area (Å²) in [6.45, 7) is 2.25. The highest BCUT2D eigenvalue weighted by atomic mass is 79.9. The van der Waals surface area contributed by atoms with Gasteiger partial charge in [-0.3, -0.25) is 0 Å². The summed E-state index contributed by atoms with van der Waals surface area (Å²) in [7, 11) is 0. The van der Waals surface area contributed by atoms with Crippen molar-refractivity contribution in [3.63, 3.8) is 0 Å². The Balaban J connectivity index is 1.65. The number of halogens is 1. The minimum Gasteiger partial charge on any atom is -0.384 e. The zero-order chi connectivity index (χ0) is 11.0. The number of fused-ring (bicyclic) bond motifs is 1. The lowest BCUT2D eigenvalue weighted by atomic mass is 9.94. The third kappa shape index (κ3) is 2.25. The highest BCUT2D eigenvalue weighted by Crippen LogP contribution is 2.31. The molecular weight excluding hydrogens is 264 g/mol. The lowest BCUT2D eigenvalue weighted by Crippen LogP contribution is -2.33. The monoisotopic (exact) mass is 280 g/mol. The van der Waals surface area contributed by atoms with Gasteiger partial charge in [-0.15, -0.1) is 0 Å². The summed E-state index contributed by atoms with van der Waals surface area (Å²) >= 11 is 3.60. The van der Waals surface area contributed by atoms with Crippen molar-refractivity contribution in [1.29, 1.82) is 0 Å². The van der Waals surface area contributed by atoms with Gasteiger partial charge < -0.3 is 10.6 Å². The van der Waals surface area contributed by atoms with E-state index in [0.717, 1.165) is 25.0 Å². The molecule has 1 saturated carbocycles. The van der Waals surface area contributed by atoms with Crippen molar-refractivity contribution in [1.82, 2.24) is 5.32 Å². The molecular formula is C13H17BrN2. The van der Waals surface area contributed by atoms with Gasteiger partial charge in [-0.05, 0) is 52.7 Å². The Labute approximate surface area is 105 Å². The van der Waals surface area contributed by atoms with Gasteiger partial charge in [-0.2, -0.15) is 0 Å². The first-order valence-corrected chi connectivity index (χ1v) is 6.87. The van der Waals surface area contributed by atoms with Crippen molar-refractivity contribution >= 4 is 21.6 Å². The first kappa shape index (κ1) is 10.6. The molecule has 2 aliphatic rings. The van der Waals surface area contributed by atoms with Crippen LogP contribution < -0.4 is 10.6 Å². The summed E-state index contributed by atoms with van der Waals surface area (Å²) in [4.78, 5) is 0. The molecule has 1 fully saturated rings. The van der Waals surface area contributed by atoms with E-state index in [4.69, 9.17) is 0 Å². The van der Waals surface area contributed by atoms with Gasteiger partial charge in [0.2, 0.25) is 0 Å². The van der Waals surface area contributed by atoms with Crippen LogP contribution in [0.25, 0.3) is 0 Å². The van der Waals surface area contributed by atoms with E-state index in [1.807, 2.05) is 0 Å². The molecule has 1 aromatic carbocycles. The number of anilines is 1. The van der Waals surface area contributed by atoms with Crippen LogP contribution in [-0.2, 0) is 6.42 Å². The van der Waals surface area contributed by atoms with Crippen LogP contribution in [0, 0.1) is 5.92 Å². The number of benzene rings is 1. The molecule has 86 valence electrons. The van der Waals surface area contributed by atoms with Crippen LogP contribution in [0.3, 0.4) is 0 Å². The third-order valence-corrected chi connectivity index (χ3v) is 4.11. The van der Waals surface area contributed by atoms with Crippen molar-refractivity contribution in [3.8, 4) is 0 Å². The third-order valence-electron chi connectivity index (χ3n) is 3.45. The second-order valence-corrected chi connectivity index (χ2v) is 5.76. The zero-order valence-corrected chi connectivity index (χ0v) is 10.9. The highest BCUT2D eigenvalue weighted by Gasteiger charge is 2.24. The topological polar surface area (TPSA) is 24.1 Å². The summed E-state index contributed by atoms with van der Waals surface area (Å²) in [6.07, 6.45) is 3.95. The number of para-hydroxylation sites is 1. The van der Waals surface area contributed by atoms with Gasteiger partial charge in [0.15, 0.2) is 0 Å². The Hall–Kier alpha value is -0.540. The number of hydrogen-bond acceptors (Lipinski definition) is 2. The Morgan fingerprint density at radius 2 is 2.25 bits per heavy atom. The van der Waals surface area contributed by atoms with Crippen LogP contribution in [0.1, 0.15) is 18.4 Å². The van der Waals surface area contributed by atoms with Gasteiger partial charge in [0.25, 0.3) is 0 Å². The molecule has 1 aromatic rings. The highest BCUT2D eigenvalue weighted by molar-refractivity contribution is 9.10. The molecule has 1 unspecified atom stereocenters. The molecule has 0 amide bonds. The maximum atomic E-state index is 3.62. The molecule has 2 nitrogen and oxygen atoms in total. The van der Waals surface area contributed by atoms with Crippen LogP contribution in [0.15, 0.2) is 22.7 Å². The van der Waals surface area contributed by atoms with Gasteiger partial charge in [-0.1, -0.05) is 12.1 Å². The second-order valence-electron chi connectivity index (χ2n) is 4.91. The molecule has 0 radical (unpaired) electrons. The zero-order valence-electron chi connectivity index (χ0n) is 9.30. The van der Waals surface area contributed by atoms with E-state index < -0.39 is 0 Å². The van der Waals surface area contributed by atoms with Gasteiger partial charge in [0, 0.05) is 23.6 Å². The Morgan fingerprint density at radius 1 is 1.38 bits per heavy atom. The summed E-state index contributed by atoms with van der Waals surface area (Å²) in [5, 5.41) is 7.16. The van der Waals surface area contributed by atoms with Crippen molar-refractivity contribution in [2.75, 3.05) is 18.4 Å². The SMILES string of the molecule is Brc1cccc2c1NCC(CNC1CC1)C2. The van der Waals surface area contributed by atoms with E-state index in [0.29, 0.717) is 0 Å². The standard InChI is InChI=1S/C13H17BrN2/c14-12-3-1-2-10-6-9(8-16-13(10)12)7-15-11-4-5-11/h1-3,9,11,15-16H,4-8H2. The van der Waals surface area contributed by atoms with E-state index in [9.17, 15) is 0 Å². The molecule has 0 aromatic heterocycles. The Bertz CT molecular complexity index is 388. The second kappa shape index (κ2) is 4.38. The number of hydrogen-bond donors (Lipinski definition) is 2. The van der Waals surface area contributed by atoms with Crippen LogP contribution in [0.5, 0.6) is 0 Å². The lowest BCUT2D eigenvalue weighted by molar-refractivity contribution is 0.482. The fraction of sp³-hybridized carbons (Fsp3) is 0.538. The predicted octanol–water partition coefficient (Wildman–Crippen LogP) is 2.79. The number of rotatable bonds is 3. The van der Waals surface area contributed by atoms with Crippen LogP contribution >= 0.6 is 15.9 Å². The normalized spacial score (nSPS) is 23.7. The minimum absolute atomic E-state index is 0.738. The molecule has 16 heavy (non-hydrogen) atoms. The van der Waals surface area contributed by atoms with Crippen LogP contribution in [-0.4, -0.2) is 19.1 Å². The smallest absolute Gasteiger partial charge is 0.0517 e. The summed E-state index contributed by atoms with van der Waals surface area (Å²) in [5.74, 6) is 0.738. The van der Waals surface area contributed by atoms with Crippen molar-refractivity contribution in [2.45, 2.75) is 25.3 Å². The summed E-state index contributed by atoms with van der Waals surface area (Å²) in [5.41, 5.74) is 2.74. The summed E-state index contributed by atoms with van der Waals surface area (Å²) < 4.78 is 1.19. The number of nitrogens with one attached hydrogen (secondary N) is 2. The van der Waals surface area contributed by atoms with Crippen LogP contribution in [0.2, 0.25) is 0 Å². The maximum Gasteiger partial charge on any atom is 0.0517 e. The minimum atomic E-state index is 0.738. The molecule has 3 heteroatoms. The molecule has 1 aliphatic carbocycles. The molecule has 0 bridgehead atoms. The van der Waals surface area contributed by atoms with E-state index in [1.54, 1.807) is 0 Å². The molecule has 0 saturated heterocycles. The summed E-state index contributed by atoms with van der Waals surface area (Å²) in [6, 6.07) is 7.29. The van der Waals surface area contributed by atoms with E-state index in [2.05, 4.69) is 44.8 Å². The Morgan fingerprint density at radius 3 is 3.06 bits per heavy atom. The van der Waals surface area contributed by atoms with Crippen LogP contribution in [0.4, 0.5) is 5.69 Å². The molecule has 0 spiro atoms. The van der Waals surface area contributed by atoms with E-state index >= 15 is 0 Å². The lowest BCUT2D eigenvalue weighted by Gasteiger charge is -2.27. The fourth-order valence-corrected chi connectivity index (χ4v) is 2.88. The Kier molecular flexibility index (Phi) is 2.90. The maximum absolute atomic E-state index is 3.62. The molecule has 1 aliphatic heterocycles. The molecule has 1 atom stereocenters.